The minimum atomic E-state index is 0.0318. The monoisotopic (exact) mass is 143 g/mol. The Morgan fingerprint density at radius 2 is 2.30 bits per heavy atom. The topological polar surface area (TPSA) is 46.2 Å². The second kappa shape index (κ2) is 6.26. The Morgan fingerprint density at radius 1 is 1.60 bits per heavy atom. The van der Waals surface area contributed by atoms with Crippen LogP contribution in [0.15, 0.2) is 0 Å². The van der Waals surface area contributed by atoms with Crippen molar-refractivity contribution in [3.8, 4) is 0 Å². The van der Waals surface area contributed by atoms with Gasteiger partial charge in [0.2, 0.25) is 5.91 Å². The third kappa shape index (κ3) is 5.28. The standard InChI is InChI=1S/C7H13NO2/c1-2-8-7(10)5-3-4-6-9/h6H,2-5H2,1H3,(H,8,10). The molecule has 0 saturated heterocycles. The molecule has 10 heavy (non-hydrogen) atoms. The molecular weight excluding hydrogens is 130 g/mol. The van der Waals surface area contributed by atoms with E-state index in [0.717, 1.165) is 6.29 Å². The zero-order chi connectivity index (χ0) is 7.82. The highest BCUT2D eigenvalue weighted by Gasteiger charge is 1.96. The van der Waals surface area contributed by atoms with E-state index in [4.69, 9.17) is 0 Å². The quantitative estimate of drug-likeness (QED) is 0.449. The van der Waals surface area contributed by atoms with Gasteiger partial charge in [-0.15, -0.1) is 0 Å². The largest absolute Gasteiger partial charge is 0.356 e. The first-order valence-electron chi connectivity index (χ1n) is 3.51. The average molecular weight is 143 g/mol. The van der Waals surface area contributed by atoms with E-state index in [1.165, 1.54) is 0 Å². The number of carbonyl (C=O) groups excluding carboxylic acids is 2. The van der Waals surface area contributed by atoms with E-state index >= 15 is 0 Å². The molecule has 0 aromatic rings. The van der Waals surface area contributed by atoms with Crippen molar-refractivity contribution in [3.05, 3.63) is 0 Å². The van der Waals surface area contributed by atoms with Gasteiger partial charge in [-0.1, -0.05) is 0 Å². The first-order valence-corrected chi connectivity index (χ1v) is 3.51. The maximum absolute atomic E-state index is 10.7. The van der Waals surface area contributed by atoms with Gasteiger partial charge < -0.3 is 10.1 Å². The summed E-state index contributed by atoms with van der Waals surface area (Å²) < 4.78 is 0. The highest BCUT2D eigenvalue weighted by atomic mass is 16.1. The molecule has 0 aliphatic rings. The van der Waals surface area contributed by atoms with Crippen LogP contribution in [0.25, 0.3) is 0 Å². The Morgan fingerprint density at radius 3 is 2.80 bits per heavy atom. The molecule has 3 nitrogen and oxygen atoms in total. The molecule has 0 heterocycles. The van der Waals surface area contributed by atoms with Crippen molar-refractivity contribution in [2.24, 2.45) is 0 Å². The first-order chi connectivity index (χ1) is 4.81. The van der Waals surface area contributed by atoms with Crippen LogP contribution in [0.2, 0.25) is 0 Å². The summed E-state index contributed by atoms with van der Waals surface area (Å²) >= 11 is 0. The zero-order valence-corrected chi connectivity index (χ0v) is 6.22. The molecule has 1 amide bonds. The number of nitrogens with one attached hydrogen (secondary N) is 1. The minimum Gasteiger partial charge on any atom is -0.356 e. The predicted molar refractivity (Wildman–Crippen MR) is 38.6 cm³/mol. The van der Waals surface area contributed by atoms with Crippen molar-refractivity contribution >= 4 is 12.2 Å². The van der Waals surface area contributed by atoms with E-state index in [9.17, 15) is 9.59 Å². The van der Waals surface area contributed by atoms with Crippen molar-refractivity contribution in [3.63, 3.8) is 0 Å². The summed E-state index contributed by atoms with van der Waals surface area (Å²) in [4.78, 5) is 20.5. The summed E-state index contributed by atoms with van der Waals surface area (Å²) in [7, 11) is 0. The Balaban J connectivity index is 3.13. The lowest BCUT2D eigenvalue weighted by atomic mass is 10.2. The Hall–Kier alpha value is -0.860. The molecule has 58 valence electrons. The van der Waals surface area contributed by atoms with E-state index in [0.29, 0.717) is 25.8 Å². The molecule has 0 spiro atoms. The van der Waals surface area contributed by atoms with E-state index in [1.54, 1.807) is 0 Å². The van der Waals surface area contributed by atoms with Crippen LogP contribution in [0.3, 0.4) is 0 Å². The summed E-state index contributed by atoms with van der Waals surface area (Å²) in [6.07, 6.45) is 2.44. The van der Waals surface area contributed by atoms with Crippen LogP contribution in [0.4, 0.5) is 0 Å². The summed E-state index contributed by atoms with van der Waals surface area (Å²) in [6.45, 7) is 2.54. The molecule has 0 aromatic carbocycles. The molecule has 0 aliphatic heterocycles. The number of hydrogen-bond acceptors (Lipinski definition) is 2. The van der Waals surface area contributed by atoms with Crippen LogP contribution >= 0.6 is 0 Å². The lowest BCUT2D eigenvalue weighted by molar-refractivity contribution is -0.121. The van der Waals surface area contributed by atoms with Crippen molar-refractivity contribution in [2.45, 2.75) is 26.2 Å². The van der Waals surface area contributed by atoms with E-state index in [2.05, 4.69) is 5.32 Å². The van der Waals surface area contributed by atoms with Gasteiger partial charge in [0.15, 0.2) is 0 Å². The predicted octanol–water partition coefficient (Wildman–Crippen LogP) is 0.492. The van der Waals surface area contributed by atoms with Gasteiger partial charge in [0.1, 0.15) is 6.29 Å². The Kier molecular flexibility index (Phi) is 5.72. The van der Waals surface area contributed by atoms with E-state index in [-0.39, 0.29) is 5.91 Å². The van der Waals surface area contributed by atoms with Gasteiger partial charge >= 0.3 is 0 Å². The Labute approximate surface area is 60.8 Å². The number of amides is 1. The zero-order valence-electron chi connectivity index (χ0n) is 6.22. The summed E-state index contributed by atoms with van der Waals surface area (Å²) in [5, 5.41) is 2.65. The van der Waals surface area contributed by atoms with Crippen LogP contribution in [-0.4, -0.2) is 18.7 Å². The number of rotatable bonds is 5. The molecule has 0 bridgehead atoms. The molecule has 0 radical (unpaired) electrons. The van der Waals surface area contributed by atoms with Crippen LogP contribution in [0.1, 0.15) is 26.2 Å². The molecule has 0 saturated carbocycles. The molecule has 0 fully saturated rings. The fourth-order valence-electron chi connectivity index (χ4n) is 0.632. The molecule has 3 heteroatoms. The SMILES string of the molecule is CCNC(=O)CCCC=O. The first kappa shape index (κ1) is 9.14. The van der Waals surface area contributed by atoms with Crippen LogP contribution in [-0.2, 0) is 9.59 Å². The average Bonchev–Trinajstić information content (AvgIpc) is 1.89. The van der Waals surface area contributed by atoms with Gasteiger partial charge in [-0.2, -0.15) is 0 Å². The maximum Gasteiger partial charge on any atom is 0.219 e. The molecule has 0 aromatic heterocycles. The number of hydrogen-bond donors (Lipinski definition) is 1. The summed E-state index contributed by atoms with van der Waals surface area (Å²) in [5.74, 6) is 0.0318. The van der Waals surface area contributed by atoms with E-state index in [1.807, 2.05) is 6.92 Å². The minimum absolute atomic E-state index is 0.0318. The van der Waals surface area contributed by atoms with Crippen LogP contribution < -0.4 is 5.32 Å². The van der Waals surface area contributed by atoms with Crippen molar-refractivity contribution in [1.29, 1.82) is 0 Å². The lowest BCUT2D eigenvalue weighted by Crippen LogP contribution is -2.21. The number of aldehydes is 1. The fourth-order valence-corrected chi connectivity index (χ4v) is 0.632. The summed E-state index contributed by atoms with van der Waals surface area (Å²) in [5.41, 5.74) is 0. The number of unbranched alkanes of at least 4 members (excludes halogenated alkanes) is 1. The van der Waals surface area contributed by atoms with Gasteiger partial charge in [0.05, 0.1) is 0 Å². The van der Waals surface area contributed by atoms with Gasteiger partial charge in [-0.3, -0.25) is 4.79 Å². The van der Waals surface area contributed by atoms with Crippen molar-refractivity contribution in [1.82, 2.24) is 5.32 Å². The van der Waals surface area contributed by atoms with Gasteiger partial charge in [0.25, 0.3) is 0 Å². The molecule has 0 atom stereocenters. The molecule has 0 rings (SSSR count). The molecule has 0 unspecified atom stereocenters. The van der Waals surface area contributed by atoms with Crippen molar-refractivity contribution in [2.75, 3.05) is 6.54 Å². The number of carbonyl (C=O) groups is 2. The highest BCUT2D eigenvalue weighted by Crippen LogP contribution is 1.90. The van der Waals surface area contributed by atoms with Crippen molar-refractivity contribution < 1.29 is 9.59 Å². The fraction of sp³-hybridized carbons (Fsp3) is 0.714. The van der Waals surface area contributed by atoms with Crippen LogP contribution in [0.5, 0.6) is 0 Å². The van der Waals surface area contributed by atoms with Gasteiger partial charge in [0, 0.05) is 19.4 Å². The molecule has 0 aliphatic carbocycles. The van der Waals surface area contributed by atoms with Gasteiger partial charge in [-0.05, 0) is 13.3 Å². The smallest absolute Gasteiger partial charge is 0.219 e. The maximum atomic E-state index is 10.7. The second-order valence-corrected chi connectivity index (χ2v) is 2.01. The highest BCUT2D eigenvalue weighted by molar-refractivity contribution is 5.75. The normalized spacial score (nSPS) is 8.90. The van der Waals surface area contributed by atoms with Crippen LogP contribution in [0, 0.1) is 0 Å². The molecular formula is C7H13NO2. The second-order valence-electron chi connectivity index (χ2n) is 2.01. The summed E-state index contributed by atoms with van der Waals surface area (Å²) in [6, 6.07) is 0. The third-order valence-corrected chi connectivity index (χ3v) is 1.10. The van der Waals surface area contributed by atoms with Gasteiger partial charge in [-0.25, -0.2) is 0 Å². The Bertz CT molecular complexity index is 112. The lowest BCUT2D eigenvalue weighted by Gasteiger charge is -1.97. The van der Waals surface area contributed by atoms with E-state index < -0.39 is 0 Å². The third-order valence-electron chi connectivity index (χ3n) is 1.10. The molecule has 1 N–H and O–H groups in total.